The first kappa shape index (κ1) is 15.7. The zero-order chi connectivity index (χ0) is 15.1. The molecular weight excluding hydrogens is 260 g/mol. The fourth-order valence-corrected chi connectivity index (χ4v) is 2.83. The third kappa shape index (κ3) is 4.16. The topological polar surface area (TPSA) is 45.8 Å². The van der Waals surface area contributed by atoms with E-state index in [0.717, 1.165) is 24.2 Å². The number of para-hydroxylation sites is 1. The number of benzene rings is 1. The van der Waals surface area contributed by atoms with Crippen LogP contribution in [-0.4, -0.2) is 9.97 Å². The summed E-state index contributed by atoms with van der Waals surface area (Å²) in [5.41, 5.74) is 0.792. The number of hydrogen-bond donors (Lipinski definition) is 1. The second-order valence-electron chi connectivity index (χ2n) is 5.78. The second-order valence-corrected chi connectivity index (χ2v) is 5.78. The summed E-state index contributed by atoms with van der Waals surface area (Å²) in [6, 6.07) is 7.56. The average Bonchev–Trinajstić information content (AvgIpc) is 2.51. The van der Waals surface area contributed by atoms with Gasteiger partial charge in [0.05, 0.1) is 10.9 Å². The summed E-state index contributed by atoms with van der Waals surface area (Å²) in [5.74, 6) is 1.22. The lowest BCUT2D eigenvalue weighted by atomic mass is 9.97. The molecule has 1 aromatic carbocycles. The minimum Gasteiger partial charge on any atom is -0.310 e. The Balaban J connectivity index is 2.09. The van der Waals surface area contributed by atoms with E-state index in [2.05, 4.69) is 23.8 Å². The Labute approximate surface area is 126 Å². The van der Waals surface area contributed by atoms with E-state index < -0.39 is 0 Å². The molecule has 1 N–H and O–H groups in total. The van der Waals surface area contributed by atoms with Crippen LogP contribution in [0.25, 0.3) is 10.9 Å². The molecule has 1 heterocycles. The van der Waals surface area contributed by atoms with Crippen LogP contribution in [0.5, 0.6) is 0 Å². The van der Waals surface area contributed by atoms with Gasteiger partial charge >= 0.3 is 0 Å². The molecule has 0 aliphatic heterocycles. The quantitative estimate of drug-likeness (QED) is 0.710. The van der Waals surface area contributed by atoms with Crippen LogP contribution in [0.2, 0.25) is 0 Å². The van der Waals surface area contributed by atoms with Crippen LogP contribution in [0.4, 0.5) is 0 Å². The van der Waals surface area contributed by atoms with Gasteiger partial charge in [0.25, 0.3) is 5.56 Å². The van der Waals surface area contributed by atoms with Gasteiger partial charge < -0.3 is 4.98 Å². The molecule has 0 bridgehead atoms. The molecule has 0 fully saturated rings. The van der Waals surface area contributed by atoms with Crippen molar-refractivity contribution in [1.29, 1.82) is 0 Å². The standard InChI is InChI=1S/C18H26N2O/c1-3-5-6-7-8-11-14(4-2)17-19-16-13-10-9-12-15(16)18(21)20-17/h9-10,12-14H,3-8,11H2,1-2H3,(H,19,20,21). The van der Waals surface area contributed by atoms with Crippen LogP contribution >= 0.6 is 0 Å². The van der Waals surface area contributed by atoms with Crippen LogP contribution < -0.4 is 5.56 Å². The summed E-state index contributed by atoms with van der Waals surface area (Å²) < 4.78 is 0. The van der Waals surface area contributed by atoms with E-state index in [4.69, 9.17) is 0 Å². The predicted molar refractivity (Wildman–Crippen MR) is 88.8 cm³/mol. The molecule has 3 nitrogen and oxygen atoms in total. The van der Waals surface area contributed by atoms with Crippen molar-refractivity contribution in [3.8, 4) is 0 Å². The Hall–Kier alpha value is -1.64. The van der Waals surface area contributed by atoms with Crippen LogP contribution in [0.15, 0.2) is 29.1 Å². The Morgan fingerprint density at radius 2 is 1.86 bits per heavy atom. The zero-order valence-electron chi connectivity index (χ0n) is 13.2. The molecule has 1 unspecified atom stereocenters. The molecule has 21 heavy (non-hydrogen) atoms. The third-order valence-corrected chi connectivity index (χ3v) is 4.17. The number of fused-ring (bicyclic) bond motifs is 1. The molecule has 3 heteroatoms. The molecule has 0 aliphatic carbocycles. The first-order valence-electron chi connectivity index (χ1n) is 8.25. The van der Waals surface area contributed by atoms with Crippen molar-refractivity contribution in [1.82, 2.24) is 9.97 Å². The molecule has 2 aromatic rings. The van der Waals surface area contributed by atoms with E-state index >= 15 is 0 Å². The van der Waals surface area contributed by atoms with Gasteiger partial charge in [0.15, 0.2) is 0 Å². The fourth-order valence-electron chi connectivity index (χ4n) is 2.83. The van der Waals surface area contributed by atoms with E-state index in [9.17, 15) is 4.79 Å². The number of hydrogen-bond acceptors (Lipinski definition) is 2. The fraction of sp³-hybridized carbons (Fsp3) is 0.556. The van der Waals surface area contributed by atoms with E-state index in [-0.39, 0.29) is 5.56 Å². The molecule has 0 saturated carbocycles. The minimum absolute atomic E-state index is 0.0139. The SMILES string of the molecule is CCCCCCCC(CC)c1nc2ccccc2c(=O)[nH]1. The van der Waals surface area contributed by atoms with E-state index in [0.29, 0.717) is 11.3 Å². The number of aromatic nitrogens is 2. The highest BCUT2D eigenvalue weighted by Gasteiger charge is 2.13. The maximum atomic E-state index is 12.1. The summed E-state index contributed by atoms with van der Waals surface area (Å²) in [4.78, 5) is 19.8. The van der Waals surface area contributed by atoms with Crippen molar-refractivity contribution in [2.24, 2.45) is 0 Å². The molecule has 0 radical (unpaired) electrons. The molecule has 0 saturated heterocycles. The van der Waals surface area contributed by atoms with Gasteiger partial charge in [-0.2, -0.15) is 0 Å². The molecule has 114 valence electrons. The molecule has 1 aromatic heterocycles. The van der Waals surface area contributed by atoms with Crippen LogP contribution in [0.1, 0.15) is 70.5 Å². The Morgan fingerprint density at radius 3 is 2.62 bits per heavy atom. The van der Waals surface area contributed by atoms with Crippen LogP contribution in [-0.2, 0) is 0 Å². The summed E-state index contributed by atoms with van der Waals surface area (Å²) in [6.07, 6.45) is 8.54. The van der Waals surface area contributed by atoms with Crippen molar-refractivity contribution in [3.63, 3.8) is 0 Å². The first-order valence-corrected chi connectivity index (χ1v) is 8.25. The van der Waals surface area contributed by atoms with Crippen LogP contribution in [0.3, 0.4) is 0 Å². The Kier molecular flexibility index (Phi) is 5.97. The van der Waals surface area contributed by atoms with Crippen molar-refractivity contribution >= 4 is 10.9 Å². The van der Waals surface area contributed by atoms with Gasteiger partial charge in [-0.05, 0) is 25.0 Å². The lowest BCUT2D eigenvalue weighted by molar-refractivity contribution is 0.517. The Morgan fingerprint density at radius 1 is 1.10 bits per heavy atom. The molecule has 1 atom stereocenters. The predicted octanol–water partition coefficient (Wildman–Crippen LogP) is 4.78. The molecular formula is C18H26N2O. The van der Waals surface area contributed by atoms with Gasteiger partial charge in [-0.15, -0.1) is 0 Å². The zero-order valence-corrected chi connectivity index (χ0v) is 13.2. The molecule has 0 spiro atoms. The number of H-pyrrole nitrogens is 1. The molecule has 2 rings (SSSR count). The number of aromatic amines is 1. The average molecular weight is 286 g/mol. The highest BCUT2D eigenvalue weighted by atomic mass is 16.1. The highest BCUT2D eigenvalue weighted by molar-refractivity contribution is 5.77. The molecule has 0 aliphatic rings. The van der Waals surface area contributed by atoms with E-state index in [1.54, 1.807) is 0 Å². The number of nitrogens with one attached hydrogen (secondary N) is 1. The highest BCUT2D eigenvalue weighted by Crippen LogP contribution is 2.23. The largest absolute Gasteiger partial charge is 0.310 e. The lowest BCUT2D eigenvalue weighted by Crippen LogP contribution is -2.14. The van der Waals surface area contributed by atoms with Crippen molar-refractivity contribution in [2.75, 3.05) is 0 Å². The number of rotatable bonds is 8. The Bertz CT molecular complexity index is 618. The third-order valence-electron chi connectivity index (χ3n) is 4.17. The number of unbranched alkanes of at least 4 members (excludes halogenated alkanes) is 4. The van der Waals surface area contributed by atoms with Crippen molar-refractivity contribution in [3.05, 3.63) is 40.4 Å². The second kappa shape index (κ2) is 7.96. The van der Waals surface area contributed by atoms with Crippen molar-refractivity contribution < 1.29 is 0 Å². The lowest BCUT2D eigenvalue weighted by Gasteiger charge is -2.14. The summed E-state index contributed by atoms with van der Waals surface area (Å²) in [5, 5.41) is 0.680. The van der Waals surface area contributed by atoms with Gasteiger partial charge in [0, 0.05) is 5.92 Å². The smallest absolute Gasteiger partial charge is 0.258 e. The van der Waals surface area contributed by atoms with Crippen LogP contribution in [0, 0.1) is 0 Å². The van der Waals surface area contributed by atoms with Gasteiger partial charge in [0.2, 0.25) is 0 Å². The van der Waals surface area contributed by atoms with E-state index in [1.165, 1.54) is 32.1 Å². The number of nitrogens with zero attached hydrogens (tertiary/aromatic N) is 1. The van der Waals surface area contributed by atoms with Crippen molar-refractivity contribution in [2.45, 2.75) is 64.7 Å². The van der Waals surface area contributed by atoms with Gasteiger partial charge in [0.1, 0.15) is 5.82 Å². The maximum Gasteiger partial charge on any atom is 0.258 e. The summed E-state index contributed by atoms with van der Waals surface area (Å²) in [6.45, 7) is 4.41. The van der Waals surface area contributed by atoms with Gasteiger partial charge in [-0.1, -0.05) is 58.1 Å². The maximum absolute atomic E-state index is 12.1. The monoisotopic (exact) mass is 286 g/mol. The first-order chi connectivity index (χ1) is 10.3. The van der Waals surface area contributed by atoms with Gasteiger partial charge in [-0.3, -0.25) is 4.79 Å². The molecule has 0 amide bonds. The minimum atomic E-state index is -0.0139. The van der Waals surface area contributed by atoms with E-state index in [1.807, 2.05) is 24.3 Å². The van der Waals surface area contributed by atoms with Gasteiger partial charge in [-0.25, -0.2) is 4.98 Å². The summed E-state index contributed by atoms with van der Waals surface area (Å²) in [7, 11) is 0. The normalized spacial score (nSPS) is 12.7. The summed E-state index contributed by atoms with van der Waals surface area (Å²) >= 11 is 0.